The number of ether oxygens (including phenoxy) is 2. The molecule has 0 aliphatic heterocycles. The molecular formula is C51H92O7S. The predicted molar refractivity (Wildman–Crippen MR) is 252 cm³/mol. The van der Waals surface area contributed by atoms with Crippen LogP contribution in [-0.4, -0.2) is 52.8 Å². The first-order valence-electron chi connectivity index (χ1n) is 24.1. The van der Waals surface area contributed by atoms with E-state index < -0.39 is 5.97 Å². The number of hydrogen-bond acceptors (Lipinski definition) is 7. The molecule has 0 aromatic heterocycles. The van der Waals surface area contributed by atoms with Crippen molar-refractivity contribution in [2.75, 3.05) is 24.7 Å². The first-order chi connectivity index (χ1) is 28.1. The van der Waals surface area contributed by atoms with Crippen LogP contribution < -0.4 is 0 Å². The number of carbonyl (C=O) groups excluding carboxylic acids is 2. The first-order valence-corrected chi connectivity index (χ1v) is 25.3. The average Bonchev–Trinajstić information content (AvgIpc) is 3.17. The van der Waals surface area contributed by atoms with Crippen molar-refractivity contribution in [2.45, 2.75) is 246 Å². The molecule has 0 radical (unpaired) electrons. The third-order valence-corrected chi connectivity index (χ3v) is 11.8. The molecule has 0 aliphatic carbocycles. The van der Waals surface area contributed by atoms with Crippen molar-refractivity contribution in [1.29, 1.82) is 0 Å². The molecule has 2 N–H and O–H groups in total. The summed E-state index contributed by atoms with van der Waals surface area (Å²) in [5, 5.41) is 19.4. The number of aliphatic carboxylic acids is 1. The molecule has 0 saturated heterocycles. The SMILES string of the molecule is CC(C)(C)c1cc(CCC(=O)O)cc(C(C)(C)C)c1O.CCCCCCCCCCCCCCOC(=O)CCSCCC(=O)OCCCCCCCCCCCCCC. The fourth-order valence-corrected chi connectivity index (χ4v) is 7.87. The minimum Gasteiger partial charge on any atom is -0.507 e. The van der Waals surface area contributed by atoms with E-state index in [-0.39, 0.29) is 29.2 Å². The highest BCUT2D eigenvalue weighted by Crippen LogP contribution is 2.40. The monoisotopic (exact) mass is 849 g/mol. The van der Waals surface area contributed by atoms with Gasteiger partial charge in [0.05, 0.1) is 26.1 Å². The summed E-state index contributed by atoms with van der Waals surface area (Å²) in [5.41, 5.74) is 2.38. The van der Waals surface area contributed by atoms with Crippen molar-refractivity contribution in [3.8, 4) is 5.75 Å². The summed E-state index contributed by atoms with van der Waals surface area (Å²) in [6.07, 6.45) is 32.9. The van der Waals surface area contributed by atoms with E-state index in [1.807, 2.05) is 12.1 Å². The lowest BCUT2D eigenvalue weighted by atomic mass is 9.78. The second-order valence-corrected chi connectivity index (χ2v) is 20.0. The van der Waals surface area contributed by atoms with Crippen molar-refractivity contribution in [3.05, 3.63) is 28.8 Å². The van der Waals surface area contributed by atoms with Gasteiger partial charge in [-0.1, -0.05) is 209 Å². The third-order valence-electron chi connectivity index (χ3n) is 10.8. The molecule has 0 aliphatic rings. The van der Waals surface area contributed by atoms with Gasteiger partial charge in [-0.2, -0.15) is 11.8 Å². The maximum Gasteiger partial charge on any atom is 0.306 e. The van der Waals surface area contributed by atoms with E-state index >= 15 is 0 Å². The molecule has 0 unspecified atom stereocenters. The molecule has 0 heterocycles. The van der Waals surface area contributed by atoms with Crippen molar-refractivity contribution in [1.82, 2.24) is 0 Å². The summed E-state index contributed by atoms with van der Waals surface area (Å²) < 4.78 is 10.7. The number of phenols is 1. The standard InChI is InChI=1S/C34H66O4S.C17H26O3/c1-3-5-7-9-11-13-15-17-19-21-23-25-29-37-33(35)27-31-39-32-28-34(36)38-30-26-24-22-20-18-16-14-12-10-8-6-4-2;1-16(2,3)12-9-11(7-8-14(18)19)10-13(15(12)20)17(4,5)6/h3-32H2,1-2H3;9-10,20H,7-8H2,1-6H3,(H,18,19). The summed E-state index contributed by atoms with van der Waals surface area (Å²) in [7, 11) is 0. The Morgan fingerprint density at radius 2 is 0.814 bits per heavy atom. The van der Waals surface area contributed by atoms with E-state index in [4.69, 9.17) is 14.6 Å². The van der Waals surface area contributed by atoms with Crippen molar-refractivity contribution in [2.24, 2.45) is 0 Å². The lowest BCUT2D eigenvalue weighted by molar-refractivity contribution is -0.144. The number of rotatable bonds is 35. The number of benzene rings is 1. The summed E-state index contributed by atoms with van der Waals surface area (Å²) in [6, 6.07) is 3.88. The smallest absolute Gasteiger partial charge is 0.306 e. The van der Waals surface area contributed by atoms with Crippen LogP contribution in [0.4, 0.5) is 0 Å². The minimum absolute atomic E-state index is 0.109. The Morgan fingerprint density at radius 3 is 1.10 bits per heavy atom. The number of carboxylic acid groups (broad SMARTS) is 1. The van der Waals surface area contributed by atoms with Gasteiger partial charge in [-0.3, -0.25) is 14.4 Å². The number of aryl methyl sites for hydroxylation is 1. The Morgan fingerprint density at radius 1 is 0.508 bits per heavy atom. The van der Waals surface area contributed by atoms with E-state index in [1.54, 1.807) is 11.8 Å². The Balaban J connectivity index is 0.00000140. The van der Waals surface area contributed by atoms with E-state index in [1.165, 1.54) is 128 Å². The van der Waals surface area contributed by atoms with Crippen LogP contribution >= 0.6 is 11.8 Å². The van der Waals surface area contributed by atoms with Crippen LogP contribution in [0.25, 0.3) is 0 Å². The molecule has 1 aromatic rings. The molecule has 0 amide bonds. The summed E-state index contributed by atoms with van der Waals surface area (Å²) in [5.74, 6) is 0.740. The fourth-order valence-electron chi connectivity index (χ4n) is 7.05. The van der Waals surface area contributed by atoms with Crippen LogP contribution in [0.1, 0.15) is 245 Å². The molecule has 59 heavy (non-hydrogen) atoms. The lowest BCUT2D eigenvalue weighted by Gasteiger charge is -2.28. The van der Waals surface area contributed by atoms with Crippen LogP contribution in [-0.2, 0) is 41.1 Å². The summed E-state index contributed by atoms with van der Waals surface area (Å²) >= 11 is 1.63. The Bertz CT molecular complexity index is 1120. The highest BCUT2D eigenvalue weighted by Gasteiger charge is 2.26. The zero-order valence-electron chi connectivity index (χ0n) is 39.6. The van der Waals surface area contributed by atoms with E-state index in [2.05, 4.69) is 55.4 Å². The number of thioether (sulfide) groups is 1. The molecule has 0 fully saturated rings. The molecule has 7 nitrogen and oxygen atoms in total. The number of hydrogen-bond donors (Lipinski definition) is 2. The van der Waals surface area contributed by atoms with Gasteiger partial charge in [0.1, 0.15) is 5.75 Å². The van der Waals surface area contributed by atoms with Gasteiger partial charge in [0.25, 0.3) is 0 Å². The minimum atomic E-state index is -0.798. The molecule has 1 rings (SSSR count). The molecule has 1 aromatic carbocycles. The highest BCUT2D eigenvalue weighted by molar-refractivity contribution is 7.99. The quantitative estimate of drug-likeness (QED) is 0.0513. The van der Waals surface area contributed by atoms with Crippen molar-refractivity contribution < 1.29 is 34.1 Å². The zero-order valence-corrected chi connectivity index (χ0v) is 40.4. The number of unbranched alkanes of at least 4 members (excludes halogenated alkanes) is 22. The van der Waals surface area contributed by atoms with Gasteiger partial charge >= 0.3 is 17.9 Å². The predicted octanol–water partition coefficient (Wildman–Crippen LogP) is 15.0. The summed E-state index contributed by atoms with van der Waals surface area (Å²) in [6.45, 7) is 17.9. The molecule has 8 heteroatoms. The largest absolute Gasteiger partial charge is 0.507 e. The maximum atomic E-state index is 11.9. The fraction of sp³-hybridized carbons (Fsp3) is 0.824. The number of aromatic hydroxyl groups is 1. The number of carbonyl (C=O) groups is 3. The van der Waals surface area contributed by atoms with Gasteiger partial charge in [-0.25, -0.2) is 0 Å². The molecule has 0 spiro atoms. The van der Waals surface area contributed by atoms with E-state index in [9.17, 15) is 19.5 Å². The van der Waals surface area contributed by atoms with Crippen LogP contribution in [0.15, 0.2) is 12.1 Å². The van der Waals surface area contributed by atoms with Crippen LogP contribution in [0.2, 0.25) is 0 Å². The van der Waals surface area contributed by atoms with Gasteiger partial charge < -0.3 is 19.7 Å². The van der Waals surface area contributed by atoms with Crippen LogP contribution in [0, 0.1) is 0 Å². The maximum absolute atomic E-state index is 11.9. The molecule has 0 atom stereocenters. The molecular weight excluding hydrogens is 757 g/mol. The Labute approximate surface area is 367 Å². The van der Waals surface area contributed by atoms with Gasteiger partial charge in [0.2, 0.25) is 0 Å². The second kappa shape index (κ2) is 36.4. The van der Waals surface area contributed by atoms with E-state index in [0.29, 0.717) is 49.7 Å². The third kappa shape index (κ3) is 34.1. The van der Waals surface area contributed by atoms with Crippen LogP contribution in [0.3, 0.4) is 0 Å². The van der Waals surface area contributed by atoms with Gasteiger partial charge in [0.15, 0.2) is 0 Å². The van der Waals surface area contributed by atoms with Crippen molar-refractivity contribution in [3.63, 3.8) is 0 Å². The van der Waals surface area contributed by atoms with E-state index in [0.717, 1.165) is 42.4 Å². The average molecular weight is 849 g/mol. The molecule has 0 saturated carbocycles. The number of phenolic OH excluding ortho intramolecular Hbond substituents is 1. The summed E-state index contributed by atoms with van der Waals surface area (Å²) in [4.78, 5) is 34.5. The molecule has 0 bridgehead atoms. The van der Waals surface area contributed by atoms with Crippen LogP contribution in [0.5, 0.6) is 5.75 Å². The normalized spacial score (nSPS) is 11.6. The lowest BCUT2D eigenvalue weighted by Crippen LogP contribution is -2.18. The Hall–Kier alpha value is -2.22. The van der Waals surface area contributed by atoms with Crippen molar-refractivity contribution >= 4 is 29.7 Å². The number of esters is 2. The van der Waals surface area contributed by atoms with Gasteiger partial charge in [0, 0.05) is 17.9 Å². The molecule has 344 valence electrons. The first kappa shape index (κ1) is 56.8. The zero-order chi connectivity index (χ0) is 44.2. The van der Waals surface area contributed by atoms with Gasteiger partial charge in [-0.05, 0) is 46.8 Å². The second-order valence-electron chi connectivity index (χ2n) is 18.8. The topological polar surface area (TPSA) is 110 Å². The van der Waals surface area contributed by atoms with Gasteiger partial charge in [-0.15, -0.1) is 0 Å². The highest BCUT2D eigenvalue weighted by atomic mass is 32.2. The number of carboxylic acids is 1. The Kier molecular flexibility index (Phi) is 35.1.